The Bertz CT molecular complexity index is 1500. The Kier molecular flexibility index (Phi) is 5.27. The van der Waals surface area contributed by atoms with Gasteiger partial charge in [0.1, 0.15) is 12.1 Å². The first-order valence-electron chi connectivity index (χ1n) is 8.69. The molecule has 15 heteroatoms. The average Bonchev–Trinajstić information content (AvgIpc) is 3.14. The van der Waals surface area contributed by atoms with Crippen LogP contribution >= 0.6 is 0 Å². The van der Waals surface area contributed by atoms with E-state index in [9.17, 15) is 22.0 Å². The van der Waals surface area contributed by atoms with Crippen molar-refractivity contribution in [1.82, 2.24) is 15.1 Å². The molecule has 13 nitrogen and oxygen atoms in total. The molecular formula is C17H14N6O7S2. The van der Waals surface area contributed by atoms with Crippen LogP contribution in [0.4, 0.5) is 11.5 Å². The molecular weight excluding hydrogens is 464 g/mol. The predicted octanol–water partition coefficient (Wildman–Crippen LogP) is 0.861. The van der Waals surface area contributed by atoms with Gasteiger partial charge in [-0.1, -0.05) is 0 Å². The Morgan fingerprint density at radius 3 is 2.34 bits per heavy atom. The molecule has 0 aliphatic carbocycles. The fraction of sp³-hybridized carbons (Fsp3) is 0.0588. The number of hydrogen-bond donors (Lipinski definition) is 2. The normalized spacial score (nSPS) is 11.9. The van der Waals surface area contributed by atoms with Crippen LogP contribution < -0.4 is 19.1 Å². The summed E-state index contributed by atoms with van der Waals surface area (Å²) in [5, 5.41) is 15.0. The Hall–Kier alpha value is -3.98. The second kappa shape index (κ2) is 7.93. The predicted molar refractivity (Wildman–Crippen MR) is 110 cm³/mol. The molecule has 0 amide bonds. The van der Waals surface area contributed by atoms with Gasteiger partial charge in [0.15, 0.2) is 0 Å². The van der Waals surface area contributed by atoms with Gasteiger partial charge in [-0.3, -0.25) is 14.1 Å². The van der Waals surface area contributed by atoms with E-state index in [4.69, 9.17) is 4.74 Å². The molecule has 2 aromatic heterocycles. The van der Waals surface area contributed by atoms with Gasteiger partial charge in [0.2, 0.25) is 16.9 Å². The van der Waals surface area contributed by atoms with Crippen molar-refractivity contribution < 1.29 is 31.1 Å². The fourth-order valence-corrected chi connectivity index (χ4v) is 4.72. The summed E-state index contributed by atoms with van der Waals surface area (Å²) in [5.41, 5.74) is 0.247. The van der Waals surface area contributed by atoms with Crippen molar-refractivity contribution >= 4 is 42.6 Å². The van der Waals surface area contributed by atoms with E-state index in [0.29, 0.717) is 0 Å². The summed E-state index contributed by atoms with van der Waals surface area (Å²) in [5.74, 6) is 0.177. The molecule has 0 saturated carbocycles. The van der Waals surface area contributed by atoms with Crippen LogP contribution in [-0.2, 0) is 20.0 Å². The molecule has 0 fully saturated rings. The van der Waals surface area contributed by atoms with Gasteiger partial charge >= 0.3 is 0 Å². The largest absolute Gasteiger partial charge is 0.481 e. The van der Waals surface area contributed by atoms with Gasteiger partial charge in [-0.15, -0.1) is 0 Å². The van der Waals surface area contributed by atoms with Crippen LogP contribution in [-0.4, -0.2) is 39.1 Å². The highest BCUT2D eigenvalue weighted by molar-refractivity contribution is 7.93. The highest BCUT2D eigenvalue weighted by Gasteiger charge is 2.20. The highest BCUT2D eigenvalue weighted by Crippen LogP contribution is 2.22. The minimum atomic E-state index is -4.07. The zero-order valence-corrected chi connectivity index (χ0v) is 17.8. The van der Waals surface area contributed by atoms with Crippen LogP contribution in [0.2, 0.25) is 0 Å². The number of ether oxygens (including phenoxy) is 1. The van der Waals surface area contributed by atoms with Crippen molar-refractivity contribution in [3.05, 3.63) is 60.1 Å². The molecule has 0 aliphatic heterocycles. The molecule has 0 radical (unpaired) electrons. The summed E-state index contributed by atoms with van der Waals surface area (Å²) < 4.78 is 64.3. The lowest BCUT2D eigenvalue weighted by atomic mass is 10.3. The third-order valence-electron chi connectivity index (χ3n) is 4.17. The number of nitrogens with zero attached hydrogens (tertiary/aromatic N) is 4. The average molecular weight is 478 g/mol. The highest BCUT2D eigenvalue weighted by atomic mass is 32.2. The minimum absolute atomic E-state index is 0.00127. The van der Waals surface area contributed by atoms with E-state index in [1.165, 1.54) is 49.6 Å². The van der Waals surface area contributed by atoms with E-state index in [0.717, 1.165) is 12.4 Å². The number of benzene rings is 2. The quantitative estimate of drug-likeness (QED) is 0.362. The second-order valence-corrected chi connectivity index (χ2v) is 9.63. The minimum Gasteiger partial charge on any atom is -0.481 e. The maximum atomic E-state index is 12.6. The molecule has 166 valence electrons. The summed E-state index contributed by atoms with van der Waals surface area (Å²) >= 11 is 0. The van der Waals surface area contributed by atoms with Crippen LogP contribution in [0.5, 0.6) is 5.88 Å². The fourth-order valence-electron chi connectivity index (χ4n) is 2.64. The van der Waals surface area contributed by atoms with Crippen molar-refractivity contribution in [2.24, 2.45) is 0 Å². The lowest BCUT2D eigenvalue weighted by Crippen LogP contribution is -2.23. The molecule has 0 saturated heterocycles. The Labute approximate surface area is 181 Å². The SMILES string of the molecule is COc1cc(NS(=O)(=O)c2ccc(NS(=O)(=O)c3ccc4no[n+]([O-])c4c3)cc2)ncn1. The molecule has 2 N–H and O–H groups in total. The maximum absolute atomic E-state index is 12.6. The molecule has 4 aromatic rings. The first-order chi connectivity index (χ1) is 15.2. The van der Waals surface area contributed by atoms with Crippen molar-refractivity contribution in [3.63, 3.8) is 0 Å². The number of anilines is 2. The zero-order valence-electron chi connectivity index (χ0n) is 16.2. The van der Waals surface area contributed by atoms with E-state index in [1.54, 1.807) is 0 Å². The van der Waals surface area contributed by atoms with Gasteiger partial charge in [0.25, 0.3) is 20.0 Å². The van der Waals surface area contributed by atoms with Crippen molar-refractivity contribution in [2.75, 3.05) is 16.6 Å². The van der Waals surface area contributed by atoms with E-state index >= 15 is 0 Å². The zero-order chi connectivity index (χ0) is 22.9. The molecule has 4 rings (SSSR count). The standard InChI is InChI=1S/C17H14N6O7S2/c1-29-17-9-16(18-10-19-17)22-31(25,26)12-4-2-11(3-5-12)21-32(27,28)13-6-7-14-15(8-13)23(24)30-20-14/h2-10,21H,1H3,(H,18,19,22). The van der Waals surface area contributed by atoms with Gasteiger partial charge in [-0.05, 0) is 41.3 Å². The van der Waals surface area contributed by atoms with Crippen LogP contribution in [0.15, 0.2) is 69.3 Å². The Morgan fingerprint density at radius 1 is 0.938 bits per heavy atom. The number of aromatic nitrogens is 4. The van der Waals surface area contributed by atoms with E-state index in [2.05, 4.69) is 29.2 Å². The molecule has 0 spiro atoms. The van der Waals surface area contributed by atoms with Crippen LogP contribution in [0.25, 0.3) is 11.0 Å². The Balaban J connectivity index is 1.54. The summed E-state index contributed by atoms with van der Waals surface area (Å²) in [6.45, 7) is 0. The van der Waals surface area contributed by atoms with Crippen molar-refractivity contribution in [2.45, 2.75) is 9.79 Å². The van der Waals surface area contributed by atoms with Gasteiger partial charge < -0.3 is 9.94 Å². The lowest BCUT2D eigenvalue weighted by Gasteiger charge is -2.10. The second-order valence-electron chi connectivity index (χ2n) is 6.26. The maximum Gasteiger partial charge on any atom is 0.263 e. The third kappa shape index (κ3) is 4.23. The smallest absolute Gasteiger partial charge is 0.263 e. The van der Waals surface area contributed by atoms with Crippen LogP contribution in [0, 0.1) is 5.21 Å². The van der Waals surface area contributed by atoms with Gasteiger partial charge in [-0.25, -0.2) is 26.8 Å². The lowest BCUT2D eigenvalue weighted by molar-refractivity contribution is -0.782. The van der Waals surface area contributed by atoms with Crippen LogP contribution in [0.1, 0.15) is 0 Å². The molecule has 0 aliphatic rings. The molecule has 0 bridgehead atoms. The van der Waals surface area contributed by atoms with Gasteiger partial charge in [0, 0.05) is 23.0 Å². The number of methoxy groups -OCH3 is 1. The topological polar surface area (TPSA) is 180 Å². The number of fused-ring (bicyclic) bond motifs is 1. The summed E-state index contributed by atoms with van der Waals surface area (Å²) in [6, 6.07) is 9.98. The number of sulfonamides is 2. The summed E-state index contributed by atoms with van der Waals surface area (Å²) in [4.78, 5) is 7.37. The first kappa shape index (κ1) is 21.3. The molecule has 2 heterocycles. The van der Waals surface area contributed by atoms with Gasteiger partial charge in [-0.2, -0.15) is 0 Å². The van der Waals surface area contributed by atoms with Gasteiger partial charge in [0.05, 0.1) is 16.9 Å². The monoisotopic (exact) mass is 478 g/mol. The Morgan fingerprint density at radius 2 is 1.62 bits per heavy atom. The molecule has 32 heavy (non-hydrogen) atoms. The van der Waals surface area contributed by atoms with E-state index < -0.39 is 20.0 Å². The number of hydrogen-bond acceptors (Lipinski definition) is 10. The van der Waals surface area contributed by atoms with Crippen molar-refractivity contribution in [3.8, 4) is 5.88 Å². The van der Waals surface area contributed by atoms with E-state index in [1.807, 2.05) is 0 Å². The third-order valence-corrected chi connectivity index (χ3v) is 6.92. The summed E-state index contributed by atoms with van der Waals surface area (Å²) in [7, 11) is -6.70. The summed E-state index contributed by atoms with van der Waals surface area (Å²) in [6.07, 6.45) is 1.14. The molecule has 0 atom stereocenters. The van der Waals surface area contributed by atoms with Crippen molar-refractivity contribution in [1.29, 1.82) is 0 Å². The number of nitrogens with one attached hydrogen (secondary N) is 2. The van der Waals surface area contributed by atoms with E-state index in [-0.39, 0.29) is 43.1 Å². The number of rotatable bonds is 7. The van der Waals surface area contributed by atoms with Crippen LogP contribution in [0.3, 0.4) is 0 Å². The molecule has 2 aromatic carbocycles. The first-order valence-corrected chi connectivity index (χ1v) is 11.7. The molecule has 0 unspecified atom stereocenters.